The van der Waals surface area contributed by atoms with Crippen LogP contribution in [0.15, 0.2) is 125 Å². The summed E-state index contributed by atoms with van der Waals surface area (Å²) in [5, 5.41) is 9.06. The summed E-state index contributed by atoms with van der Waals surface area (Å²) in [7, 11) is -3.63. The molecule has 0 radical (unpaired) electrons. The van der Waals surface area contributed by atoms with E-state index in [1.165, 1.54) is 0 Å². The summed E-state index contributed by atoms with van der Waals surface area (Å²) in [5.41, 5.74) is 2.05. The molecule has 0 unspecified atom stereocenters. The molecule has 2 aliphatic rings. The van der Waals surface area contributed by atoms with Gasteiger partial charge >= 0.3 is 0 Å². The van der Waals surface area contributed by atoms with Crippen molar-refractivity contribution >= 4 is 27.7 Å². The minimum atomic E-state index is -3.63. The maximum absolute atomic E-state index is 14.8. The average molecular weight is 637 g/mol. The Morgan fingerprint density at radius 1 is 0.935 bits per heavy atom. The number of hydrogen-bond donors (Lipinski definition) is 1. The number of aliphatic hydroxyl groups is 1. The van der Waals surface area contributed by atoms with Crippen LogP contribution < -0.4 is 4.74 Å². The number of fused-ring (bicyclic) bond motifs is 3. The van der Waals surface area contributed by atoms with E-state index >= 15 is 0 Å². The highest BCUT2D eigenvalue weighted by atomic mass is 32.2. The molecule has 0 aromatic heterocycles. The van der Waals surface area contributed by atoms with Crippen LogP contribution in [0, 0.1) is 0 Å². The minimum absolute atomic E-state index is 0.00595. The van der Waals surface area contributed by atoms with E-state index in [9.17, 15) is 13.2 Å². The van der Waals surface area contributed by atoms with Gasteiger partial charge in [-0.25, -0.2) is 13.4 Å². The number of sulfone groups is 1. The van der Waals surface area contributed by atoms with Gasteiger partial charge in [-0.3, -0.25) is 4.79 Å². The molecule has 1 amide bonds. The fraction of sp³-hybridized carbons (Fsp3) is 0.243. The van der Waals surface area contributed by atoms with Crippen LogP contribution in [0.5, 0.6) is 5.75 Å². The average Bonchev–Trinajstić information content (AvgIpc) is 3.44. The Labute approximate surface area is 269 Å². The lowest BCUT2D eigenvalue weighted by Crippen LogP contribution is -2.49. The first-order chi connectivity index (χ1) is 22.4. The lowest BCUT2D eigenvalue weighted by atomic mass is 9.84. The van der Waals surface area contributed by atoms with Gasteiger partial charge in [0.25, 0.3) is 5.91 Å². The Morgan fingerprint density at radius 2 is 1.63 bits per heavy atom. The molecule has 4 aromatic rings. The third kappa shape index (κ3) is 6.61. The van der Waals surface area contributed by atoms with Crippen molar-refractivity contribution in [2.24, 2.45) is 4.99 Å². The van der Waals surface area contributed by atoms with Crippen molar-refractivity contribution in [3.63, 3.8) is 0 Å². The molecule has 2 heterocycles. The molecule has 0 spiro atoms. The molecule has 2 atom stereocenters. The summed E-state index contributed by atoms with van der Waals surface area (Å²) in [4.78, 5) is 21.7. The number of carbonyl (C=O) groups excluding carboxylic acids is 1. The number of rotatable bonds is 12. The number of aliphatic hydroxyl groups excluding tert-OH is 1. The minimum Gasteiger partial charge on any atom is -0.494 e. The van der Waals surface area contributed by atoms with E-state index in [4.69, 9.17) is 19.6 Å². The number of aliphatic imine (C=N–C) groups is 1. The first-order valence-corrected chi connectivity index (χ1v) is 17.0. The van der Waals surface area contributed by atoms with Crippen LogP contribution >= 0.6 is 0 Å². The van der Waals surface area contributed by atoms with Gasteiger partial charge in [-0.15, -0.1) is 0 Å². The summed E-state index contributed by atoms with van der Waals surface area (Å²) in [6.07, 6.45) is 3.96. The van der Waals surface area contributed by atoms with Crippen LogP contribution in [0.4, 0.5) is 0 Å². The lowest BCUT2D eigenvalue weighted by Gasteiger charge is -2.31. The number of ether oxygens (including phenoxy) is 2. The fourth-order valence-electron chi connectivity index (χ4n) is 5.86. The summed E-state index contributed by atoms with van der Waals surface area (Å²) < 4.78 is 38.9. The number of nitrogens with zero attached hydrogens (tertiary/aromatic N) is 2. The van der Waals surface area contributed by atoms with Gasteiger partial charge in [0, 0.05) is 43.7 Å². The van der Waals surface area contributed by atoms with Crippen LogP contribution in [0.2, 0.25) is 0 Å². The molecule has 9 heteroatoms. The van der Waals surface area contributed by atoms with E-state index < -0.39 is 21.5 Å². The quantitative estimate of drug-likeness (QED) is 0.202. The van der Waals surface area contributed by atoms with Crippen LogP contribution in [0.3, 0.4) is 0 Å². The van der Waals surface area contributed by atoms with Crippen molar-refractivity contribution in [1.29, 1.82) is 0 Å². The fourth-order valence-corrected chi connectivity index (χ4v) is 7.13. The number of benzene rings is 4. The third-order valence-electron chi connectivity index (χ3n) is 8.26. The van der Waals surface area contributed by atoms with E-state index in [0.717, 1.165) is 16.7 Å². The summed E-state index contributed by atoms with van der Waals surface area (Å²) >= 11 is 0. The van der Waals surface area contributed by atoms with Gasteiger partial charge in [0.2, 0.25) is 5.90 Å². The molecule has 2 aliphatic heterocycles. The molecule has 1 N–H and O–H groups in total. The van der Waals surface area contributed by atoms with Gasteiger partial charge in [-0.1, -0.05) is 84.9 Å². The van der Waals surface area contributed by atoms with Gasteiger partial charge in [0.1, 0.15) is 5.75 Å². The van der Waals surface area contributed by atoms with E-state index in [1.54, 1.807) is 35.2 Å². The maximum Gasteiger partial charge on any atom is 0.255 e. The van der Waals surface area contributed by atoms with Gasteiger partial charge in [0.15, 0.2) is 21.5 Å². The SMILES string of the molecule is O=C1N(CCS(=O)(=O)c2ccccc2)Cc2ccccc2[C@@H]2OC(c3ccc(OCCCO)cc3)=N[C@]12C/C=C/c1ccccc1. The highest BCUT2D eigenvalue weighted by Gasteiger charge is 2.56. The molecule has 0 aliphatic carbocycles. The number of amides is 1. The van der Waals surface area contributed by atoms with E-state index in [1.807, 2.05) is 91.0 Å². The Kier molecular flexibility index (Phi) is 9.33. The molecule has 8 nitrogen and oxygen atoms in total. The predicted molar refractivity (Wildman–Crippen MR) is 177 cm³/mol. The zero-order chi connectivity index (χ0) is 32.0. The third-order valence-corrected chi connectivity index (χ3v) is 9.97. The normalized spacial score (nSPS) is 19.2. The second-order valence-corrected chi connectivity index (χ2v) is 13.5. The molecule has 0 bridgehead atoms. The smallest absolute Gasteiger partial charge is 0.255 e. The van der Waals surface area contributed by atoms with Crippen molar-refractivity contribution in [2.45, 2.75) is 35.9 Å². The summed E-state index contributed by atoms with van der Waals surface area (Å²) in [5.74, 6) is 0.481. The summed E-state index contributed by atoms with van der Waals surface area (Å²) in [6, 6.07) is 33.2. The molecule has 0 fully saturated rings. The van der Waals surface area contributed by atoms with E-state index in [0.29, 0.717) is 30.2 Å². The molecule has 46 heavy (non-hydrogen) atoms. The highest BCUT2D eigenvalue weighted by molar-refractivity contribution is 7.91. The molecule has 0 saturated heterocycles. The first-order valence-electron chi connectivity index (χ1n) is 15.4. The second kappa shape index (κ2) is 13.7. The van der Waals surface area contributed by atoms with Crippen molar-refractivity contribution < 1.29 is 27.8 Å². The monoisotopic (exact) mass is 636 g/mol. The van der Waals surface area contributed by atoms with E-state index in [-0.39, 0.29) is 42.7 Å². The lowest BCUT2D eigenvalue weighted by molar-refractivity contribution is -0.139. The van der Waals surface area contributed by atoms with Crippen molar-refractivity contribution in [3.05, 3.63) is 138 Å². The van der Waals surface area contributed by atoms with Crippen molar-refractivity contribution in [1.82, 2.24) is 4.90 Å². The van der Waals surface area contributed by atoms with Gasteiger partial charge in [-0.05, 0) is 47.5 Å². The van der Waals surface area contributed by atoms with Gasteiger partial charge in [-0.2, -0.15) is 0 Å². The van der Waals surface area contributed by atoms with Crippen LogP contribution in [-0.2, 0) is 25.9 Å². The van der Waals surface area contributed by atoms with Crippen LogP contribution in [0.1, 0.15) is 41.2 Å². The number of hydrogen-bond acceptors (Lipinski definition) is 7. The standard InChI is InChI=1S/C37H36N2O6S/c40-24-10-25-44-31-20-18-29(19-21-31)35-38-37(22-9-13-28-11-3-1-4-12-28)34(45-35)33-17-8-7-14-30(33)27-39(36(37)41)23-26-46(42,43)32-15-5-2-6-16-32/h1-9,11-21,34,40H,10,22-27H2/b13-9+/t34-,37-/m0/s1. The zero-order valence-electron chi connectivity index (χ0n) is 25.4. The molecular weight excluding hydrogens is 600 g/mol. The Bertz CT molecular complexity index is 1820. The van der Waals surface area contributed by atoms with Gasteiger partial charge in [0.05, 0.1) is 17.3 Å². The number of carbonyl (C=O) groups is 1. The largest absolute Gasteiger partial charge is 0.494 e. The molecule has 236 valence electrons. The van der Waals surface area contributed by atoms with E-state index in [2.05, 4.69) is 0 Å². The molecular formula is C37H36N2O6S. The van der Waals surface area contributed by atoms with Crippen LogP contribution in [-0.4, -0.2) is 61.3 Å². The zero-order valence-corrected chi connectivity index (χ0v) is 26.2. The Balaban J connectivity index is 1.38. The van der Waals surface area contributed by atoms with Crippen LogP contribution in [0.25, 0.3) is 6.08 Å². The second-order valence-electron chi connectivity index (χ2n) is 11.4. The predicted octanol–water partition coefficient (Wildman–Crippen LogP) is 5.62. The van der Waals surface area contributed by atoms with Gasteiger partial charge < -0.3 is 19.5 Å². The topological polar surface area (TPSA) is 106 Å². The van der Waals surface area contributed by atoms with Crippen molar-refractivity contribution in [2.75, 3.05) is 25.5 Å². The summed E-state index contributed by atoms with van der Waals surface area (Å²) in [6.45, 7) is 0.697. The molecule has 0 saturated carbocycles. The Hall–Kier alpha value is -4.73. The first kappa shape index (κ1) is 31.3. The highest BCUT2D eigenvalue weighted by Crippen LogP contribution is 2.47. The molecule has 6 rings (SSSR count). The Morgan fingerprint density at radius 3 is 2.37 bits per heavy atom. The molecule has 4 aromatic carbocycles. The maximum atomic E-state index is 14.8. The van der Waals surface area contributed by atoms with Crippen molar-refractivity contribution in [3.8, 4) is 5.75 Å².